The van der Waals surface area contributed by atoms with Gasteiger partial charge in [-0.15, -0.1) is 5.92 Å². The van der Waals surface area contributed by atoms with Crippen molar-refractivity contribution in [2.45, 2.75) is 16.7 Å². The zero-order valence-corrected chi connectivity index (χ0v) is 22.1. The smallest absolute Gasteiger partial charge is 0.336 e. The van der Waals surface area contributed by atoms with Crippen molar-refractivity contribution in [2.75, 3.05) is 12.3 Å². The Morgan fingerprint density at radius 2 is 1.65 bits per heavy atom. The summed E-state index contributed by atoms with van der Waals surface area (Å²) in [5, 5.41) is 17.8. The molecule has 0 atom stereocenters. The Morgan fingerprint density at radius 3 is 2.25 bits per heavy atom. The standard InChI is InChI=1S/C25H19N3O10S2/c1-2-3-10-28-24(29)12-4-5-13(16(11-12)25(30)31)19-14-6-8-17(26)22(39(32,33)34)20(14)38-21-15(19)7-9-18(27)23(21)40(35,36)37/h4-9,11,26H,10,27H2,1H3,(H,28,29)(H,30,31)(H,32,33,34)(H,35,36,37)/p+1. The third-order valence-electron chi connectivity index (χ3n) is 5.84. The molecule has 4 rings (SSSR count). The van der Waals surface area contributed by atoms with Gasteiger partial charge in [0.25, 0.3) is 16.0 Å². The number of nitrogens with one attached hydrogen (secondary N) is 1. The normalized spacial score (nSPS) is 11.7. The fourth-order valence-electron chi connectivity index (χ4n) is 4.22. The van der Waals surface area contributed by atoms with Crippen molar-refractivity contribution in [1.82, 2.24) is 5.32 Å². The lowest BCUT2D eigenvalue weighted by Gasteiger charge is -2.19. The summed E-state index contributed by atoms with van der Waals surface area (Å²) in [6.45, 7) is 1.58. The van der Waals surface area contributed by atoms with Crippen molar-refractivity contribution in [3.05, 3.63) is 58.9 Å². The monoisotopic (exact) mass is 586 g/mol. The van der Waals surface area contributed by atoms with E-state index >= 15 is 0 Å². The molecule has 0 spiro atoms. The van der Waals surface area contributed by atoms with E-state index in [0.29, 0.717) is 0 Å². The van der Waals surface area contributed by atoms with E-state index in [2.05, 4.69) is 17.2 Å². The molecule has 0 saturated heterocycles. The highest BCUT2D eigenvalue weighted by Gasteiger charge is 2.33. The van der Waals surface area contributed by atoms with Gasteiger partial charge in [0.2, 0.25) is 10.3 Å². The number of rotatable bonds is 6. The van der Waals surface area contributed by atoms with Gasteiger partial charge in [-0.25, -0.2) is 4.79 Å². The number of carboxylic acid groups (broad SMARTS) is 1. The van der Waals surface area contributed by atoms with Crippen LogP contribution in [0.1, 0.15) is 27.6 Å². The van der Waals surface area contributed by atoms with Gasteiger partial charge in [-0.05, 0) is 42.8 Å². The Balaban J connectivity index is 2.21. The van der Waals surface area contributed by atoms with E-state index < -0.39 is 69.9 Å². The number of carbonyl (C=O) groups is 2. The first kappa shape index (κ1) is 28.3. The van der Waals surface area contributed by atoms with E-state index in [9.17, 15) is 40.6 Å². The summed E-state index contributed by atoms with van der Waals surface area (Å²) < 4.78 is 74.6. The number of fused-ring (bicyclic) bond motifs is 2. The van der Waals surface area contributed by atoms with E-state index in [1.54, 1.807) is 6.92 Å². The molecule has 8 N–H and O–H groups in total. The average molecular weight is 587 g/mol. The van der Waals surface area contributed by atoms with Crippen LogP contribution in [0.2, 0.25) is 0 Å². The minimum absolute atomic E-state index is 0.00855. The molecule has 13 nitrogen and oxygen atoms in total. The van der Waals surface area contributed by atoms with Crippen molar-refractivity contribution < 1.29 is 50.5 Å². The summed E-state index contributed by atoms with van der Waals surface area (Å²) in [4.78, 5) is 23.1. The molecule has 1 amide bonds. The largest absolute Gasteiger partial charge is 0.478 e. The maximum atomic E-state index is 12.5. The molecule has 0 unspecified atom stereocenters. The molecule has 1 heterocycles. The molecule has 0 radical (unpaired) electrons. The van der Waals surface area contributed by atoms with Crippen LogP contribution in [0.3, 0.4) is 0 Å². The summed E-state index contributed by atoms with van der Waals surface area (Å²) in [6, 6.07) is 8.40. The topological polar surface area (TPSA) is 240 Å². The zero-order chi connectivity index (χ0) is 29.6. The van der Waals surface area contributed by atoms with Crippen molar-refractivity contribution in [2.24, 2.45) is 0 Å². The Bertz CT molecular complexity index is 2050. The highest BCUT2D eigenvalue weighted by Crippen LogP contribution is 2.45. The molecule has 1 aliphatic carbocycles. The maximum Gasteiger partial charge on any atom is 0.336 e. The molecule has 2 aromatic carbocycles. The molecule has 40 heavy (non-hydrogen) atoms. The van der Waals surface area contributed by atoms with Gasteiger partial charge < -0.3 is 20.6 Å². The van der Waals surface area contributed by atoms with E-state index in [1.807, 2.05) is 0 Å². The second kappa shape index (κ2) is 10.1. The Kier molecular flexibility index (Phi) is 7.13. The predicted octanol–water partition coefficient (Wildman–Crippen LogP) is 0.391. The lowest BCUT2D eigenvalue weighted by atomic mass is 9.89. The molecule has 15 heteroatoms. The van der Waals surface area contributed by atoms with Gasteiger partial charge in [0, 0.05) is 28.1 Å². The van der Waals surface area contributed by atoms with E-state index in [-0.39, 0.29) is 34.2 Å². The number of carboxylic acids is 1. The average Bonchev–Trinajstić information content (AvgIpc) is 2.85. The Hall–Kier alpha value is -4.75. The number of nitrogens with two attached hydrogens (primary N) is 2. The van der Waals surface area contributed by atoms with Crippen LogP contribution in [-0.2, 0) is 20.2 Å². The highest BCUT2D eigenvalue weighted by molar-refractivity contribution is 7.86. The first-order chi connectivity index (χ1) is 18.7. The minimum Gasteiger partial charge on any atom is -0.478 e. The molecule has 206 valence electrons. The molecule has 0 saturated carbocycles. The van der Waals surface area contributed by atoms with Crippen LogP contribution in [0.5, 0.6) is 0 Å². The van der Waals surface area contributed by atoms with Gasteiger partial charge in [0.15, 0.2) is 16.2 Å². The van der Waals surface area contributed by atoms with Crippen molar-refractivity contribution in [1.29, 1.82) is 0 Å². The second-order valence-corrected chi connectivity index (χ2v) is 11.0. The van der Waals surface area contributed by atoms with Crippen molar-refractivity contribution in [3.8, 4) is 34.3 Å². The number of hydrogen-bond acceptors (Lipinski definition) is 8. The Morgan fingerprint density at radius 1 is 1.00 bits per heavy atom. The lowest BCUT2D eigenvalue weighted by molar-refractivity contribution is -0.176. The first-order valence-electron chi connectivity index (χ1n) is 11.1. The summed E-state index contributed by atoms with van der Waals surface area (Å²) in [5.41, 5.74) is 3.94. The summed E-state index contributed by atoms with van der Waals surface area (Å²) >= 11 is 0. The number of nitrogen functional groups attached to an aromatic ring is 1. The quantitative estimate of drug-likeness (QED) is 0.0781. The van der Waals surface area contributed by atoms with Crippen LogP contribution in [-0.4, -0.2) is 49.5 Å². The first-order valence-corrected chi connectivity index (χ1v) is 14.0. The molecule has 2 aromatic rings. The van der Waals surface area contributed by atoms with Gasteiger partial charge in [0.05, 0.1) is 17.8 Å². The van der Waals surface area contributed by atoms with E-state index in [1.165, 1.54) is 24.3 Å². The number of hydrogen-bond donors (Lipinski definition) is 6. The van der Waals surface area contributed by atoms with Crippen LogP contribution in [0.4, 0.5) is 5.69 Å². The maximum absolute atomic E-state index is 12.5. The number of carbonyl (C=O) groups excluding carboxylic acids is 1. The molecular formula is C25H20N3O10S2+. The van der Waals surface area contributed by atoms with Crippen LogP contribution in [0.25, 0.3) is 33.4 Å². The SMILES string of the molecule is CC#CCNC(=O)c1ccc(-c2c3ccc(=[NH2+])c(S(=O)(=O)O)c-3oc3c(S(=O)(=O)O)c(N)ccc23)c(C(=O)O)c1. The molecule has 0 aromatic heterocycles. The van der Waals surface area contributed by atoms with Gasteiger partial charge in [-0.3, -0.25) is 19.3 Å². The van der Waals surface area contributed by atoms with Gasteiger partial charge in [0.1, 0.15) is 0 Å². The highest BCUT2D eigenvalue weighted by atomic mass is 32.2. The zero-order valence-electron chi connectivity index (χ0n) is 20.4. The third-order valence-corrected chi connectivity index (χ3v) is 7.71. The molecular weight excluding hydrogens is 566 g/mol. The van der Waals surface area contributed by atoms with E-state index in [4.69, 9.17) is 15.6 Å². The lowest BCUT2D eigenvalue weighted by Crippen LogP contribution is -2.47. The fourth-order valence-corrected chi connectivity index (χ4v) is 5.72. The Labute approximate surface area is 226 Å². The van der Waals surface area contributed by atoms with Crippen LogP contribution in [0, 0.1) is 11.8 Å². The predicted molar refractivity (Wildman–Crippen MR) is 140 cm³/mol. The minimum atomic E-state index is -5.08. The fraction of sp³-hybridized carbons (Fsp3) is 0.0800. The molecule has 0 fully saturated rings. The van der Waals surface area contributed by atoms with Gasteiger partial charge >= 0.3 is 16.1 Å². The van der Waals surface area contributed by atoms with Crippen LogP contribution in [0.15, 0.2) is 56.7 Å². The number of anilines is 1. The van der Waals surface area contributed by atoms with E-state index in [0.717, 1.165) is 18.2 Å². The molecule has 2 aliphatic rings. The van der Waals surface area contributed by atoms with Gasteiger partial charge in [-0.1, -0.05) is 12.0 Å². The molecule has 0 bridgehead atoms. The third kappa shape index (κ3) is 4.99. The van der Waals surface area contributed by atoms with Gasteiger partial charge in [-0.2, -0.15) is 16.8 Å². The number of benzene rings is 3. The summed E-state index contributed by atoms with van der Waals surface area (Å²) in [5.74, 6) is 2.48. The van der Waals surface area contributed by atoms with Crippen molar-refractivity contribution >= 4 is 48.8 Å². The van der Waals surface area contributed by atoms with Crippen LogP contribution < -0.4 is 21.8 Å². The van der Waals surface area contributed by atoms with Crippen molar-refractivity contribution in [3.63, 3.8) is 0 Å². The summed E-state index contributed by atoms with van der Waals surface area (Å²) in [7, 11) is -10.2. The molecule has 1 aliphatic heterocycles. The number of aromatic carboxylic acids is 1. The van der Waals surface area contributed by atoms with Crippen LogP contribution >= 0.6 is 0 Å². The second-order valence-electron chi connectivity index (χ2n) is 8.32. The summed E-state index contributed by atoms with van der Waals surface area (Å²) in [6.07, 6.45) is 0. The number of amides is 1.